The maximum Gasteiger partial charge on any atom is 0.167 e. The van der Waals surface area contributed by atoms with Gasteiger partial charge in [0.25, 0.3) is 0 Å². The molecule has 0 aliphatic heterocycles. The molecular formula is C13H13N3O. The Morgan fingerprint density at radius 3 is 2.82 bits per heavy atom. The topological polar surface area (TPSA) is 47.8 Å². The van der Waals surface area contributed by atoms with Crippen LogP contribution in [0.1, 0.15) is 29.0 Å². The van der Waals surface area contributed by atoms with Crippen LogP contribution in [-0.2, 0) is 6.54 Å². The van der Waals surface area contributed by atoms with Crippen molar-refractivity contribution >= 4 is 5.78 Å². The highest BCUT2D eigenvalue weighted by molar-refractivity contribution is 5.99. The van der Waals surface area contributed by atoms with Crippen molar-refractivity contribution in [2.45, 2.75) is 19.4 Å². The zero-order valence-corrected chi connectivity index (χ0v) is 9.41. The molecule has 4 heteroatoms. The second-order valence-electron chi connectivity index (χ2n) is 4.38. The van der Waals surface area contributed by atoms with Crippen molar-refractivity contribution in [1.82, 2.24) is 14.5 Å². The summed E-state index contributed by atoms with van der Waals surface area (Å²) >= 11 is 0. The fourth-order valence-corrected chi connectivity index (χ4v) is 1.84. The Labute approximate surface area is 99.3 Å². The highest BCUT2D eigenvalue weighted by Gasteiger charge is 2.30. The molecule has 2 heterocycles. The van der Waals surface area contributed by atoms with Gasteiger partial charge in [0.2, 0.25) is 0 Å². The van der Waals surface area contributed by atoms with Crippen molar-refractivity contribution in [3.63, 3.8) is 0 Å². The van der Waals surface area contributed by atoms with Crippen molar-refractivity contribution < 1.29 is 4.79 Å². The van der Waals surface area contributed by atoms with Crippen molar-refractivity contribution in [3.8, 4) is 0 Å². The molecule has 3 rings (SSSR count). The van der Waals surface area contributed by atoms with Crippen LogP contribution in [0.5, 0.6) is 0 Å². The molecule has 1 aliphatic rings. The van der Waals surface area contributed by atoms with E-state index in [1.807, 2.05) is 23.0 Å². The summed E-state index contributed by atoms with van der Waals surface area (Å²) in [6, 6.07) is 3.67. The Balaban J connectivity index is 1.74. The van der Waals surface area contributed by atoms with Gasteiger partial charge in [-0.2, -0.15) is 0 Å². The predicted octanol–water partition coefficient (Wildman–Crippen LogP) is 1.92. The normalized spacial score (nSPS) is 14.8. The van der Waals surface area contributed by atoms with Crippen LogP contribution >= 0.6 is 0 Å². The molecule has 0 amide bonds. The Hall–Kier alpha value is -1.97. The first kappa shape index (κ1) is 10.2. The average molecular weight is 227 g/mol. The third-order valence-corrected chi connectivity index (χ3v) is 2.93. The number of nitrogens with zero attached hydrogens (tertiary/aromatic N) is 3. The molecule has 0 aromatic carbocycles. The van der Waals surface area contributed by atoms with Gasteiger partial charge in [-0.15, -0.1) is 0 Å². The van der Waals surface area contributed by atoms with Crippen LogP contribution in [0.25, 0.3) is 0 Å². The first-order valence-corrected chi connectivity index (χ1v) is 5.79. The van der Waals surface area contributed by atoms with Gasteiger partial charge in [-0.1, -0.05) is 0 Å². The van der Waals surface area contributed by atoms with E-state index in [1.54, 1.807) is 18.5 Å². The highest BCUT2D eigenvalue weighted by atomic mass is 16.1. The van der Waals surface area contributed by atoms with Gasteiger partial charge in [0.15, 0.2) is 5.78 Å². The quantitative estimate of drug-likeness (QED) is 0.750. The summed E-state index contributed by atoms with van der Waals surface area (Å²) in [5, 5.41) is 0. The van der Waals surface area contributed by atoms with Crippen molar-refractivity contribution in [3.05, 3.63) is 48.3 Å². The van der Waals surface area contributed by atoms with Gasteiger partial charge in [0.05, 0.1) is 6.54 Å². The minimum Gasteiger partial charge on any atom is -0.346 e. The summed E-state index contributed by atoms with van der Waals surface area (Å²) in [4.78, 5) is 20.1. The summed E-state index contributed by atoms with van der Waals surface area (Å²) in [6.07, 6.45) is 9.34. The van der Waals surface area contributed by atoms with E-state index < -0.39 is 0 Å². The first-order chi connectivity index (χ1) is 8.33. The standard InChI is InChI=1S/C13H13N3O/c17-13(10-2-3-10)11-4-7-16(8-11)9-12-14-5-1-6-15-12/h1,4-8,10H,2-3,9H2. The van der Waals surface area contributed by atoms with E-state index in [4.69, 9.17) is 0 Å². The lowest BCUT2D eigenvalue weighted by Crippen LogP contribution is -2.03. The number of ketones is 1. The van der Waals surface area contributed by atoms with Crippen molar-refractivity contribution in [1.29, 1.82) is 0 Å². The molecule has 86 valence electrons. The van der Waals surface area contributed by atoms with Crippen LogP contribution in [0.15, 0.2) is 36.9 Å². The molecule has 1 aliphatic carbocycles. The smallest absolute Gasteiger partial charge is 0.167 e. The summed E-state index contributed by atoms with van der Waals surface area (Å²) in [7, 11) is 0. The van der Waals surface area contributed by atoms with Gasteiger partial charge in [-0.05, 0) is 25.0 Å². The minimum absolute atomic E-state index is 0.276. The minimum atomic E-state index is 0.276. The summed E-state index contributed by atoms with van der Waals surface area (Å²) < 4.78 is 1.95. The van der Waals surface area contributed by atoms with E-state index in [-0.39, 0.29) is 11.7 Å². The molecule has 2 aromatic rings. The fourth-order valence-electron chi connectivity index (χ4n) is 1.84. The molecule has 0 unspecified atom stereocenters. The number of carbonyl (C=O) groups excluding carboxylic acids is 1. The summed E-state index contributed by atoms with van der Waals surface area (Å²) in [5.41, 5.74) is 0.809. The highest BCUT2D eigenvalue weighted by Crippen LogP contribution is 2.32. The fraction of sp³-hybridized carbons (Fsp3) is 0.308. The predicted molar refractivity (Wildman–Crippen MR) is 62.6 cm³/mol. The maximum absolute atomic E-state index is 11.8. The number of carbonyl (C=O) groups is 1. The van der Waals surface area contributed by atoms with Crippen LogP contribution in [-0.4, -0.2) is 20.3 Å². The third kappa shape index (κ3) is 2.25. The Bertz CT molecular complexity index is 529. The molecule has 0 bridgehead atoms. The van der Waals surface area contributed by atoms with Crippen LogP contribution < -0.4 is 0 Å². The Morgan fingerprint density at radius 1 is 1.35 bits per heavy atom. The van der Waals surface area contributed by atoms with Gasteiger partial charge in [-0.3, -0.25) is 4.79 Å². The van der Waals surface area contributed by atoms with Crippen molar-refractivity contribution in [2.24, 2.45) is 5.92 Å². The monoisotopic (exact) mass is 227 g/mol. The summed E-state index contributed by atoms with van der Waals surface area (Å²) in [5.74, 6) is 1.31. The third-order valence-electron chi connectivity index (χ3n) is 2.93. The van der Waals surface area contributed by atoms with E-state index in [0.717, 1.165) is 24.2 Å². The van der Waals surface area contributed by atoms with Crippen LogP contribution in [0.3, 0.4) is 0 Å². The Morgan fingerprint density at radius 2 is 2.12 bits per heavy atom. The molecule has 1 fully saturated rings. The van der Waals surface area contributed by atoms with Gasteiger partial charge in [0, 0.05) is 36.3 Å². The van der Waals surface area contributed by atoms with Gasteiger partial charge in [-0.25, -0.2) is 9.97 Å². The second kappa shape index (κ2) is 4.13. The molecule has 0 saturated heterocycles. The van der Waals surface area contributed by atoms with Gasteiger partial charge in [0.1, 0.15) is 5.82 Å². The van der Waals surface area contributed by atoms with Crippen LogP contribution in [0.4, 0.5) is 0 Å². The second-order valence-corrected chi connectivity index (χ2v) is 4.38. The number of Topliss-reactive ketones (excluding diaryl/α,β-unsaturated/α-hetero) is 1. The SMILES string of the molecule is O=C(c1ccn(Cc2ncccn2)c1)C1CC1. The van der Waals surface area contributed by atoms with Crippen LogP contribution in [0.2, 0.25) is 0 Å². The first-order valence-electron chi connectivity index (χ1n) is 5.79. The number of aromatic nitrogens is 3. The lowest BCUT2D eigenvalue weighted by Gasteiger charge is -2.00. The largest absolute Gasteiger partial charge is 0.346 e. The number of hydrogen-bond donors (Lipinski definition) is 0. The van der Waals surface area contributed by atoms with E-state index >= 15 is 0 Å². The maximum atomic E-state index is 11.8. The average Bonchev–Trinajstić information content (AvgIpc) is 3.11. The number of hydrogen-bond acceptors (Lipinski definition) is 3. The summed E-state index contributed by atoms with van der Waals surface area (Å²) in [6.45, 7) is 0.610. The Kier molecular flexibility index (Phi) is 2.48. The lowest BCUT2D eigenvalue weighted by atomic mass is 10.1. The van der Waals surface area contributed by atoms with Crippen LogP contribution in [0, 0.1) is 5.92 Å². The molecule has 4 nitrogen and oxygen atoms in total. The number of rotatable bonds is 4. The van der Waals surface area contributed by atoms with E-state index in [0.29, 0.717) is 6.54 Å². The lowest BCUT2D eigenvalue weighted by molar-refractivity contribution is 0.0967. The van der Waals surface area contributed by atoms with E-state index in [9.17, 15) is 4.79 Å². The van der Waals surface area contributed by atoms with E-state index in [1.165, 1.54) is 0 Å². The molecule has 0 spiro atoms. The molecule has 0 atom stereocenters. The zero-order valence-electron chi connectivity index (χ0n) is 9.41. The molecule has 0 N–H and O–H groups in total. The molecule has 17 heavy (non-hydrogen) atoms. The van der Waals surface area contributed by atoms with Gasteiger partial charge >= 0.3 is 0 Å². The molecule has 1 saturated carbocycles. The zero-order chi connectivity index (χ0) is 11.7. The molecule has 2 aromatic heterocycles. The molecule has 0 radical (unpaired) electrons. The van der Waals surface area contributed by atoms with Crippen molar-refractivity contribution in [2.75, 3.05) is 0 Å². The van der Waals surface area contributed by atoms with E-state index in [2.05, 4.69) is 9.97 Å². The van der Waals surface area contributed by atoms with Gasteiger partial charge < -0.3 is 4.57 Å². The molecular weight excluding hydrogens is 214 g/mol.